The number of aromatic nitrogens is 2. The number of Topliss-reactive ketones (excluding diaryl/α,β-unsaturated/α-hetero) is 1. The molecule has 21 heavy (non-hydrogen) atoms. The van der Waals surface area contributed by atoms with Gasteiger partial charge in [0.1, 0.15) is 11.6 Å². The van der Waals surface area contributed by atoms with Crippen molar-refractivity contribution in [3.63, 3.8) is 0 Å². The van der Waals surface area contributed by atoms with Crippen molar-refractivity contribution in [1.29, 1.82) is 0 Å². The van der Waals surface area contributed by atoms with Gasteiger partial charge in [-0.3, -0.25) is 9.59 Å². The number of hydrogen-bond donors (Lipinski definition) is 0. The van der Waals surface area contributed by atoms with Crippen LogP contribution in [-0.4, -0.2) is 27.8 Å². The second kappa shape index (κ2) is 5.08. The first kappa shape index (κ1) is 13.4. The van der Waals surface area contributed by atoms with Gasteiger partial charge in [-0.25, -0.2) is 13.8 Å². The number of anilines is 1. The molecule has 0 saturated heterocycles. The summed E-state index contributed by atoms with van der Waals surface area (Å²) >= 11 is 0. The minimum atomic E-state index is -0.996. The molecule has 5 nitrogen and oxygen atoms in total. The van der Waals surface area contributed by atoms with E-state index in [-0.39, 0.29) is 12.2 Å². The quantitative estimate of drug-likeness (QED) is 0.807. The molecule has 2 aromatic rings. The Labute approximate surface area is 118 Å². The minimum absolute atomic E-state index is 0.135. The molecule has 1 amide bonds. The molecule has 1 aliphatic rings. The van der Waals surface area contributed by atoms with E-state index < -0.39 is 28.9 Å². The van der Waals surface area contributed by atoms with Crippen LogP contribution in [-0.2, 0) is 11.3 Å². The Hall–Kier alpha value is -2.57. The van der Waals surface area contributed by atoms with E-state index in [1.807, 2.05) is 0 Å². The van der Waals surface area contributed by atoms with E-state index in [1.54, 1.807) is 23.3 Å². The molecule has 0 N–H and O–H groups in total. The summed E-state index contributed by atoms with van der Waals surface area (Å²) in [6.07, 6.45) is 5.48. The largest absolute Gasteiger partial charge is 0.337 e. The molecule has 108 valence electrons. The Bertz CT molecular complexity index is 713. The molecule has 2 heterocycles. The maximum atomic E-state index is 13.8. The van der Waals surface area contributed by atoms with Gasteiger partial charge in [0.25, 0.3) is 11.7 Å². The monoisotopic (exact) mass is 291 g/mol. The lowest BCUT2D eigenvalue weighted by Gasteiger charge is -2.17. The van der Waals surface area contributed by atoms with E-state index in [9.17, 15) is 18.4 Å². The van der Waals surface area contributed by atoms with Gasteiger partial charge in [-0.1, -0.05) is 0 Å². The molecule has 7 heteroatoms. The van der Waals surface area contributed by atoms with Crippen molar-refractivity contribution >= 4 is 17.4 Å². The SMILES string of the molecule is O=C1C(=O)N(CCCn2ccnc2)c2c(F)ccc(F)c21. The average molecular weight is 291 g/mol. The molecular weight excluding hydrogens is 280 g/mol. The molecule has 0 spiro atoms. The number of benzene rings is 1. The third-order valence-corrected chi connectivity index (χ3v) is 3.37. The molecule has 1 aromatic heterocycles. The number of nitrogens with zero attached hydrogens (tertiary/aromatic N) is 3. The highest BCUT2D eigenvalue weighted by Crippen LogP contribution is 2.33. The predicted molar refractivity (Wildman–Crippen MR) is 69.9 cm³/mol. The fourth-order valence-electron chi connectivity index (χ4n) is 2.40. The summed E-state index contributed by atoms with van der Waals surface area (Å²) in [6.45, 7) is 0.695. The van der Waals surface area contributed by atoms with Crippen molar-refractivity contribution in [3.8, 4) is 0 Å². The van der Waals surface area contributed by atoms with Crippen molar-refractivity contribution in [3.05, 3.63) is 48.1 Å². The highest BCUT2D eigenvalue weighted by molar-refractivity contribution is 6.52. The first-order valence-corrected chi connectivity index (χ1v) is 6.39. The van der Waals surface area contributed by atoms with Gasteiger partial charge in [-0.05, 0) is 18.6 Å². The number of hydrogen-bond acceptors (Lipinski definition) is 3. The van der Waals surface area contributed by atoms with Crippen LogP contribution in [0.15, 0.2) is 30.9 Å². The van der Waals surface area contributed by atoms with Gasteiger partial charge in [0, 0.05) is 25.5 Å². The molecule has 0 radical (unpaired) electrons. The minimum Gasteiger partial charge on any atom is -0.337 e. The van der Waals surface area contributed by atoms with E-state index in [1.165, 1.54) is 0 Å². The van der Waals surface area contributed by atoms with Crippen molar-refractivity contribution < 1.29 is 18.4 Å². The zero-order chi connectivity index (χ0) is 15.0. The number of halogens is 2. The first-order valence-electron chi connectivity index (χ1n) is 6.39. The molecule has 0 atom stereocenters. The van der Waals surface area contributed by atoms with Crippen LogP contribution in [0.3, 0.4) is 0 Å². The molecule has 0 unspecified atom stereocenters. The van der Waals surface area contributed by atoms with Crippen LogP contribution in [0.25, 0.3) is 0 Å². The van der Waals surface area contributed by atoms with Crippen LogP contribution in [0.4, 0.5) is 14.5 Å². The van der Waals surface area contributed by atoms with Gasteiger partial charge in [-0.15, -0.1) is 0 Å². The summed E-state index contributed by atoms with van der Waals surface area (Å²) in [4.78, 5) is 28.5. The number of aryl methyl sites for hydroxylation is 1. The Kier molecular flexibility index (Phi) is 3.25. The summed E-state index contributed by atoms with van der Waals surface area (Å²) in [5.41, 5.74) is -0.724. The van der Waals surface area contributed by atoms with Crippen LogP contribution in [0.1, 0.15) is 16.8 Å². The Morgan fingerprint density at radius 2 is 1.86 bits per heavy atom. The zero-order valence-electron chi connectivity index (χ0n) is 10.9. The van der Waals surface area contributed by atoms with Crippen LogP contribution in [0.2, 0.25) is 0 Å². The van der Waals surface area contributed by atoms with Crippen molar-refractivity contribution in [2.75, 3.05) is 11.4 Å². The summed E-state index contributed by atoms with van der Waals surface area (Å²) in [5.74, 6) is -3.53. The van der Waals surface area contributed by atoms with E-state index >= 15 is 0 Å². The topological polar surface area (TPSA) is 55.2 Å². The molecular formula is C14H11F2N3O2. The number of ketones is 1. The zero-order valence-corrected chi connectivity index (χ0v) is 10.9. The lowest BCUT2D eigenvalue weighted by molar-refractivity contribution is -0.114. The Morgan fingerprint density at radius 3 is 2.57 bits per heavy atom. The predicted octanol–water partition coefficient (Wildman–Crippen LogP) is 1.78. The van der Waals surface area contributed by atoms with Crippen LogP contribution >= 0.6 is 0 Å². The number of amides is 1. The van der Waals surface area contributed by atoms with E-state index in [4.69, 9.17) is 0 Å². The maximum Gasteiger partial charge on any atom is 0.299 e. The summed E-state index contributed by atoms with van der Waals surface area (Å²) in [6, 6.07) is 1.78. The van der Waals surface area contributed by atoms with E-state index in [0.29, 0.717) is 13.0 Å². The van der Waals surface area contributed by atoms with Gasteiger partial charge in [0.2, 0.25) is 0 Å². The van der Waals surface area contributed by atoms with Crippen LogP contribution in [0, 0.1) is 11.6 Å². The summed E-state index contributed by atoms with van der Waals surface area (Å²) in [5, 5.41) is 0. The second-order valence-corrected chi connectivity index (χ2v) is 4.69. The third-order valence-electron chi connectivity index (χ3n) is 3.37. The van der Waals surface area contributed by atoms with Gasteiger partial charge < -0.3 is 9.47 Å². The summed E-state index contributed by atoms with van der Waals surface area (Å²) in [7, 11) is 0. The van der Waals surface area contributed by atoms with Crippen LogP contribution < -0.4 is 4.90 Å². The number of fused-ring (bicyclic) bond motifs is 1. The number of carbonyl (C=O) groups is 2. The number of imidazole rings is 1. The fourth-order valence-corrected chi connectivity index (χ4v) is 2.40. The van der Waals surface area contributed by atoms with Crippen molar-refractivity contribution in [2.24, 2.45) is 0 Å². The molecule has 0 fully saturated rings. The van der Waals surface area contributed by atoms with Crippen molar-refractivity contribution in [2.45, 2.75) is 13.0 Å². The van der Waals surface area contributed by atoms with E-state index in [0.717, 1.165) is 17.0 Å². The molecule has 0 bridgehead atoms. The average Bonchev–Trinajstić information content (AvgIpc) is 3.06. The van der Waals surface area contributed by atoms with Gasteiger partial charge in [-0.2, -0.15) is 0 Å². The normalized spacial score (nSPS) is 13.9. The first-order chi connectivity index (χ1) is 10.1. The lowest BCUT2D eigenvalue weighted by Crippen LogP contribution is -2.31. The molecule has 0 saturated carbocycles. The fraction of sp³-hybridized carbons (Fsp3) is 0.214. The maximum absolute atomic E-state index is 13.8. The smallest absolute Gasteiger partial charge is 0.299 e. The molecule has 3 rings (SSSR count). The third kappa shape index (κ3) is 2.20. The molecule has 1 aliphatic heterocycles. The summed E-state index contributed by atoms with van der Waals surface area (Å²) < 4.78 is 29.3. The Morgan fingerprint density at radius 1 is 1.10 bits per heavy atom. The van der Waals surface area contributed by atoms with Crippen LogP contribution in [0.5, 0.6) is 0 Å². The Balaban J connectivity index is 1.82. The highest BCUT2D eigenvalue weighted by atomic mass is 19.1. The number of carbonyl (C=O) groups excluding carboxylic acids is 2. The lowest BCUT2D eigenvalue weighted by atomic mass is 10.1. The molecule has 1 aromatic carbocycles. The number of rotatable bonds is 4. The van der Waals surface area contributed by atoms with E-state index in [2.05, 4.69) is 4.98 Å². The van der Waals surface area contributed by atoms with Gasteiger partial charge >= 0.3 is 0 Å². The van der Waals surface area contributed by atoms with Crippen molar-refractivity contribution in [1.82, 2.24) is 9.55 Å². The van der Waals surface area contributed by atoms with Gasteiger partial charge in [0.15, 0.2) is 0 Å². The standard InChI is InChI=1S/C14H11F2N3O2/c15-9-2-3-10(16)12-11(9)13(20)14(21)19(12)6-1-5-18-7-4-17-8-18/h2-4,7-8H,1,5-6H2. The highest BCUT2D eigenvalue weighted by Gasteiger charge is 2.40. The molecule has 0 aliphatic carbocycles. The van der Waals surface area contributed by atoms with Gasteiger partial charge in [0.05, 0.1) is 17.6 Å². The second-order valence-electron chi connectivity index (χ2n) is 4.69.